The maximum atomic E-state index is 12.4. The number of amides is 1. The van der Waals surface area contributed by atoms with Crippen molar-refractivity contribution >= 4 is 30.7 Å². The van der Waals surface area contributed by atoms with Crippen LogP contribution in [0.3, 0.4) is 0 Å². The second-order valence-electron chi connectivity index (χ2n) is 4.72. The molecule has 4 nitrogen and oxygen atoms in total. The van der Waals surface area contributed by atoms with Crippen molar-refractivity contribution < 1.29 is 4.79 Å². The molecule has 3 N–H and O–H groups in total. The summed E-state index contributed by atoms with van der Waals surface area (Å²) in [6, 6.07) is 0.452. The zero-order valence-corrected chi connectivity index (χ0v) is 13.2. The number of carbonyl (C=O) groups is 1. The molecule has 0 aromatic rings. The third kappa shape index (κ3) is 3.98. The van der Waals surface area contributed by atoms with Gasteiger partial charge in [0, 0.05) is 25.7 Å². The lowest BCUT2D eigenvalue weighted by Gasteiger charge is -2.33. The number of likely N-dealkylation sites (tertiary alicyclic amines) is 1. The predicted octanol–water partition coefficient (Wildman–Crippen LogP) is 1.42. The van der Waals surface area contributed by atoms with Crippen LogP contribution >= 0.6 is 24.8 Å². The van der Waals surface area contributed by atoms with Crippen LogP contribution in [0.1, 0.15) is 33.1 Å². The Morgan fingerprint density at radius 2 is 1.94 bits per heavy atom. The number of rotatable bonds is 5. The molecule has 1 unspecified atom stereocenters. The molecule has 0 saturated carbocycles. The number of nitrogens with zero attached hydrogens (tertiary/aromatic N) is 1. The second kappa shape index (κ2) is 8.97. The molecule has 1 atom stereocenters. The largest absolute Gasteiger partial charge is 0.341 e. The van der Waals surface area contributed by atoms with Gasteiger partial charge in [0.05, 0.1) is 5.41 Å². The summed E-state index contributed by atoms with van der Waals surface area (Å²) in [4.78, 5) is 14.4. The maximum Gasteiger partial charge on any atom is 0.230 e. The van der Waals surface area contributed by atoms with Crippen molar-refractivity contribution in [1.29, 1.82) is 0 Å². The molecule has 6 heteroatoms. The highest BCUT2D eigenvalue weighted by molar-refractivity contribution is 5.85. The summed E-state index contributed by atoms with van der Waals surface area (Å²) in [5.74, 6) is 0.248. The Kier molecular flexibility index (Phi) is 10.1. The summed E-state index contributed by atoms with van der Waals surface area (Å²) in [5, 5.41) is 3.23. The van der Waals surface area contributed by atoms with Gasteiger partial charge in [0.1, 0.15) is 0 Å². The summed E-state index contributed by atoms with van der Waals surface area (Å²) in [6.45, 7) is 6.27. The fraction of sp³-hybridized carbons (Fsp3) is 0.917. The van der Waals surface area contributed by atoms with E-state index >= 15 is 0 Å². The summed E-state index contributed by atoms with van der Waals surface area (Å²) >= 11 is 0. The van der Waals surface area contributed by atoms with Crippen molar-refractivity contribution in [3.63, 3.8) is 0 Å². The summed E-state index contributed by atoms with van der Waals surface area (Å²) in [5.41, 5.74) is 5.47. The first-order chi connectivity index (χ1) is 7.63. The lowest BCUT2D eigenvalue weighted by Crippen LogP contribution is -2.47. The normalized spacial score (nSPS) is 19.1. The molecule has 1 aliphatic rings. The van der Waals surface area contributed by atoms with Crippen molar-refractivity contribution in [2.24, 2.45) is 11.1 Å². The van der Waals surface area contributed by atoms with Crippen molar-refractivity contribution in [2.45, 2.75) is 39.2 Å². The number of hydrogen-bond donors (Lipinski definition) is 2. The van der Waals surface area contributed by atoms with Crippen molar-refractivity contribution in [1.82, 2.24) is 10.2 Å². The SMILES string of the molecule is CCC(CC)(CN)C(=O)N1CCC(NC)C1.Cl.Cl. The Morgan fingerprint density at radius 3 is 2.28 bits per heavy atom. The Morgan fingerprint density at radius 1 is 1.39 bits per heavy atom. The molecule has 110 valence electrons. The Balaban J connectivity index is 0. The van der Waals surface area contributed by atoms with Crippen LogP contribution < -0.4 is 11.1 Å². The molecule has 0 radical (unpaired) electrons. The van der Waals surface area contributed by atoms with E-state index in [0.29, 0.717) is 12.6 Å². The van der Waals surface area contributed by atoms with Gasteiger partial charge in [-0.25, -0.2) is 0 Å². The summed E-state index contributed by atoms with van der Waals surface area (Å²) < 4.78 is 0. The van der Waals surface area contributed by atoms with Gasteiger partial charge >= 0.3 is 0 Å². The Bertz CT molecular complexity index is 239. The average molecular weight is 300 g/mol. The molecule has 0 bridgehead atoms. The number of likely N-dealkylation sites (N-methyl/N-ethyl adjacent to an activating group) is 1. The van der Waals surface area contributed by atoms with E-state index in [1.807, 2.05) is 11.9 Å². The van der Waals surface area contributed by atoms with Crippen LogP contribution in [0.15, 0.2) is 0 Å². The molecular weight excluding hydrogens is 273 g/mol. The third-order valence-electron chi connectivity index (χ3n) is 4.08. The monoisotopic (exact) mass is 299 g/mol. The molecule has 1 amide bonds. The number of halogens is 2. The maximum absolute atomic E-state index is 12.4. The number of hydrogen-bond acceptors (Lipinski definition) is 3. The minimum absolute atomic E-state index is 0. The minimum atomic E-state index is -0.331. The molecule has 1 aliphatic heterocycles. The van der Waals surface area contributed by atoms with E-state index in [2.05, 4.69) is 19.2 Å². The molecule has 0 aliphatic carbocycles. The topological polar surface area (TPSA) is 58.4 Å². The van der Waals surface area contributed by atoms with E-state index in [9.17, 15) is 4.79 Å². The van der Waals surface area contributed by atoms with Crippen LogP contribution in [0.2, 0.25) is 0 Å². The quantitative estimate of drug-likeness (QED) is 0.807. The fourth-order valence-corrected chi connectivity index (χ4v) is 2.44. The molecule has 1 saturated heterocycles. The molecule has 0 aromatic carbocycles. The van der Waals surface area contributed by atoms with Gasteiger partial charge in [-0.3, -0.25) is 4.79 Å². The van der Waals surface area contributed by atoms with Crippen LogP contribution in [0.25, 0.3) is 0 Å². The number of carbonyl (C=O) groups excluding carboxylic acids is 1. The zero-order valence-electron chi connectivity index (χ0n) is 11.6. The Hall–Kier alpha value is -0.0300. The molecule has 18 heavy (non-hydrogen) atoms. The van der Waals surface area contributed by atoms with E-state index in [1.54, 1.807) is 0 Å². The first-order valence-corrected chi connectivity index (χ1v) is 6.30. The molecule has 1 fully saturated rings. The summed E-state index contributed by atoms with van der Waals surface area (Å²) in [7, 11) is 1.95. The van der Waals surface area contributed by atoms with E-state index in [-0.39, 0.29) is 36.1 Å². The highest BCUT2D eigenvalue weighted by atomic mass is 35.5. The van der Waals surface area contributed by atoms with Gasteiger partial charge in [-0.2, -0.15) is 0 Å². The van der Waals surface area contributed by atoms with Crippen LogP contribution in [-0.2, 0) is 4.79 Å². The standard InChI is InChI=1S/C12H25N3O.2ClH/c1-4-12(5-2,9-13)11(16)15-7-6-10(8-15)14-3;;/h10,14H,4-9,13H2,1-3H3;2*1H. The van der Waals surface area contributed by atoms with Crippen LogP contribution in [0.5, 0.6) is 0 Å². The van der Waals surface area contributed by atoms with E-state index in [0.717, 1.165) is 32.4 Å². The number of nitrogens with two attached hydrogens (primary N) is 1. The van der Waals surface area contributed by atoms with Crippen molar-refractivity contribution in [2.75, 3.05) is 26.7 Å². The lowest BCUT2D eigenvalue weighted by molar-refractivity contribution is -0.141. The first kappa shape index (κ1) is 20.3. The van der Waals surface area contributed by atoms with Gasteiger partial charge in [0.25, 0.3) is 0 Å². The van der Waals surface area contributed by atoms with Gasteiger partial charge < -0.3 is 16.0 Å². The van der Waals surface area contributed by atoms with Gasteiger partial charge in [-0.1, -0.05) is 13.8 Å². The van der Waals surface area contributed by atoms with Crippen LogP contribution in [-0.4, -0.2) is 43.5 Å². The third-order valence-corrected chi connectivity index (χ3v) is 4.08. The zero-order chi connectivity index (χ0) is 12.2. The highest BCUT2D eigenvalue weighted by Crippen LogP contribution is 2.29. The average Bonchev–Trinajstić information content (AvgIpc) is 2.80. The van der Waals surface area contributed by atoms with Crippen molar-refractivity contribution in [3.8, 4) is 0 Å². The van der Waals surface area contributed by atoms with Crippen molar-refractivity contribution in [3.05, 3.63) is 0 Å². The highest BCUT2D eigenvalue weighted by Gasteiger charge is 2.39. The molecule has 0 spiro atoms. The minimum Gasteiger partial charge on any atom is -0.341 e. The van der Waals surface area contributed by atoms with Gasteiger partial charge in [0.2, 0.25) is 5.91 Å². The first-order valence-electron chi connectivity index (χ1n) is 6.30. The fourth-order valence-electron chi connectivity index (χ4n) is 2.44. The molecular formula is C12H27Cl2N3O. The van der Waals surface area contributed by atoms with E-state index in [4.69, 9.17) is 5.73 Å². The van der Waals surface area contributed by atoms with Crippen LogP contribution in [0.4, 0.5) is 0 Å². The van der Waals surface area contributed by atoms with Crippen LogP contribution in [0, 0.1) is 5.41 Å². The Labute approximate surface area is 123 Å². The molecule has 1 rings (SSSR count). The van der Waals surface area contributed by atoms with Gasteiger partial charge in [-0.15, -0.1) is 24.8 Å². The molecule has 0 aromatic heterocycles. The lowest BCUT2D eigenvalue weighted by atomic mass is 9.81. The van der Waals surface area contributed by atoms with Gasteiger partial charge in [0.15, 0.2) is 0 Å². The summed E-state index contributed by atoms with van der Waals surface area (Å²) in [6.07, 6.45) is 2.72. The van der Waals surface area contributed by atoms with E-state index < -0.39 is 0 Å². The predicted molar refractivity (Wildman–Crippen MR) is 80.6 cm³/mol. The second-order valence-corrected chi connectivity index (χ2v) is 4.72. The number of nitrogens with one attached hydrogen (secondary N) is 1. The molecule has 1 heterocycles. The van der Waals surface area contributed by atoms with E-state index in [1.165, 1.54) is 0 Å². The smallest absolute Gasteiger partial charge is 0.230 e. The van der Waals surface area contributed by atoms with Gasteiger partial charge in [-0.05, 0) is 26.3 Å².